The molecule has 0 spiro atoms. The third-order valence-electron chi connectivity index (χ3n) is 2.83. The monoisotopic (exact) mass is 282 g/mol. The van der Waals surface area contributed by atoms with Crippen LogP contribution in [0.25, 0.3) is 0 Å². The highest BCUT2D eigenvalue weighted by Crippen LogP contribution is 2.03. The minimum absolute atomic E-state index is 0.181. The van der Waals surface area contributed by atoms with Crippen molar-refractivity contribution in [2.45, 2.75) is 33.2 Å². The zero-order chi connectivity index (χ0) is 15.1. The first-order valence-corrected chi connectivity index (χ1v) is 6.69. The van der Waals surface area contributed by atoms with Crippen LogP contribution >= 0.6 is 0 Å². The molecule has 1 atom stereocenters. The molecule has 0 saturated heterocycles. The van der Waals surface area contributed by atoms with Crippen LogP contribution in [-0.2, 0) is 11.2 Å². The van der Waals surface area contributed by atoms with Crippen molar-refractivity contribution in [1.82, 2.24) is 20.2 Å². The summed E-state index contributed by atoms with van der Waals surface area (Å²) < 4.78 is 0. The van der Waals surface area contributed by atoms with Gasteiger partial charge in [-0.1, -0.05) is 13.8 Å². The number of aromatic amines is 1. The van der Waals surface area contributed by atoms with E-state index in [0.29, 0.717) is 24.7 Å². The van der Waals surface area contributed by atoms with Gasteiger partial charge in [0.2, 0.25) is 0 Å². The van der Waals surface area contributed by atoms with E-state index in [-0.39, 0.29) is 12.5 Å². The van der Waals surface area contributed by atoms with Crippen molar-refractivity contribution < 1.29 is 14.7 Å². The number of imidazole rings is 1. The number of carbonyl (C=O) groups is 2. The number of aliphatic carboxylic acids is 1. The summed E-state index contributed by atoms with van der Waals surface area (Å²) in [6.45, 7) is 7.02. The predicted octanol–water partition coefficient (Wildman–Crippen LogP) is 1.09. The van der Waals surface area contributed by atoms with Gasteiger partial charge in [0.25, 0.3) is 0 Å². The van der Waals surface area contributed by atoms with Crippen molar-refractivity contribution in [1.29, 1.82) is 0 Å². The lowest BCUT2D eigenvalue weighted by Crippen LogP contribution is -2.49. The summed E-state index contributed by atoms with van der Waals surface area (Å²) >= 11 is 0. The number of rotatable bonds is 7. The van der Waals surface area contributed by atoms with Crippen LogP contribution in [0.4, 0.5) is 4.79 Å². The van der Waals surface area contributed by atoms with Crippen LogP contribution in [0, 0.1) is 5.92 Å². The largest absolute Gasteiger partial charge is 0.480 e. The molecular weight excluding hydrogens is 260 g/mol. The van der Waals surface area contributed by atoms with Gasteiger partial charge in [-0.25, -0.2) is 14.6 Å². The van der Waals surface area contributed by atoms with Crippen LogP contribution in [0.2, 0.25) is 0 Å². The van der Waals surface area contributed by atoms with Gasteiger partial charge in [-0.15, -0.1) is 0 Å². The number of aromatic nitrogens is 2. The maximum Gasteiger partial charge on any atom is 0.326 e. The molecule has 1 heterocycles. The van der Waals surface area contributed by atoms with E-state index in [2.05, 4.69) is 15.3 Å². The van der Waals surface area contributed by atoms with Crippen LogP contribution < -0.4 is 5.32 Å². The van der Waals surface area contributed by atoms with Gasteiger partial charge in [0, 0.05) is 31.4 Å². The second kappa shape index (κ2) is 7.52. The zero-order valence-electron chi connectivity index (χ0n) is 12.1. The Hall–Kier alpha value is -2.05. The molecule has 20 heavy (non-hydrogen) atoms. The molecule has 0 saturated carbocycles. The van der Waals surface area contributed by atoms with Gasteiger partial charge in [-0.2, -0.15) is 0 Å². The van der Waals surface area contributed by atoms with Gasteiger partial charge < -0.3 is 20.3 Å². The highest BCUT2D eigenvalue weighted by atomic mass is 16.4. The van der Waals surface area contributed by atoms with Gasteiger partial charge in [0.05, 0.1) is 6.33 Å². The third kappa shape index (κ3) is 4.91. The van der Waals surface area contributed by atoms with E-state index in [9.17, 15) is 14.7 Å². The molecule has 112 valence electrons. The summed E-state index contributed by atoms with van der Waals surface area (Å²) in [5.41, 5.74) is 0.671. The molecule has 0 bridgehead atoms. The van der Waals surface area contributed by atoms with E-state index >= 15 is 0 Å². The van der Waals surface area contributed by atoms with Gasteiger partial charge in [-0.05, 0) is 12.8 Å². The Morgan fingerprint density at radius 1 is 1.50 bits per heavy atom. The molecule has 1 aromatic rings. The van der Waals surface area contributed by atoms with E-state index in [1.54, 1.807) is 11.1 Å². The van der Waals surface area contributed by atoms with E-state index in [0.717, 1.165) is 0 Å². The Morgan fingerprint density at radius 3 is 2.65 bits per heavy atom. The molecule has 0 aliphatic rings. The van der Waals surface area contributed by atoms with Crippen LogP contribution in [0.3, 0.4) is 0 Å². The molecule has 0 aliphatic heterocycles. The summed E-state index contributed by atoms with van der Waals surface area (Å²) in [7, 11) is 0. The van der Waals surface area contributed by atoms with Crippen molar-refractivity contribution in [2.75, 3.05) is 13.1 Å². The quantitative estimate of drug-likeness (QED) is 0.697. The molecule has 0 aromatic carbocycles. The van der Waals surface area contributed by atoms with Crippen LogP contribution in [0.5, 0.6) is 0 Å². The number of amides is 2. The number of carboxylic acids is 1. The summed E-state index contributed by atoms with van der Waals surface area (Å²) in [6.07, 6.45) is 3.21. The summed E-state index contributed by atoms with van der Waals surface area (Å²) in [6, 6.07) is -1.32. The molecule has 3 N–H and O–H groups in total. The van der Waals surface area contributed by atoms with Gasteiger partial charge in [0.15, 0.2) is 0 Å². The first kappa shape index (κ1) is 16.0. The fourth-order valence-corrected chi connectivity index (χ4v) is 1.85. The first-order valence-electron chi connectivity index (χ1n) is 6.69. The predicted molar refractivity (Wildman–Crippen MR) is 74.3 cm³/mol. The summed E-state index contributed by atoms with van der Waals surface area (Å²) in [5.74, 6) is -0.731. The normalized spacial score (nSPS) is 12.2. The smallest absolute Gasteiger partial charge is 0.326 e. The van der Waals surface area contributed by atoms with E-state index in [4.69, 9.17) is 0 Å². The average molecular weight is 282 g/mol. The van der Waals surface area contributed by atoms with E-state index in [1.165, 1.54) is 6.33 Å². The van der Waals surface area contributed by atoms with Crippen molar-refractivity contribution in [3.63, 3.8) is 0 Å². The van der Waals surface area contributed by atoms with Crippen molar-refractivity contribution in [2.24, 2.45) is 5.92 Å². The standard InChI is InChI=1S/C13H22N4O3/c1-4-17(7-9(2)3)13(20)16-11(12(18)19)5-10-6-14-8-15-10/h6,8-9,11H,4-5,7H2,1-3H3,(H,14,15)(H,16,20)(H,18,19)/t11-/m1/s1. The number of nitrogens with zero attached hydrogens (tertiary/aromatic N) is 2. The number of hydrogen-bond donors (Lipinski definition) is 3. The number of hydrogen-bond acceptors (Lipinski definition) is 3. The van der Waals surface area contributed by atoms with E-state index in [1.807, 2.05) is 20.8 Å². The number of carbonyl (C=O) groups excluding carboxylic acids is 1. The SMILES string of the molecule is CCN(CC(C)C)C(=O)N[C@H](Cc1cnc[nH]1)C(=O)O. The number of carboxylic acid groups (broad SMARTS) is 1. The Kier molecular flexibility index (Phi) is 6.02. The second-order valence-electron chi connectivity index (χ2n) is 5.05. The molecule has 7 nitrogen and oxygen atoms in total. The Morgan fingerprint density at radius 2 is 2.20 bits per heavy atom. The molecule has 0 unspecified atom stereocenters. The van der Waals surface area contributed by atoms with E-state index < -0.39 is 12.0 Å². The highest BCUT2D eigenvalue weighted by molar-refractivity contribution is 5.82. The van der Waals surface area contributed by atoms with Gasteiger partial charge in [-0.3, -0.25) is 0 Å². The van der Waals surface area contributed by atoms with Crippen molar-refractivity contribution in [3.8, 4) is 0 Å². The van der Waals surface area contributed by atoms with Crippen LogP contribution in [-0.4, -0.2) is 51.1 Å². The fourth-order valence-electron chi connectivity index (χ4n) is 1.85. The molecule has 0 aliphatic carbocycles. The van der Waals surface area contributed by atoms with Crippen LogP contribution in [0.15, 0.2) is 12.5 Å². The lowest BCUT2D eigenvalue weighted by Gasteiger charge is -2.25. The zero-order valence-corrected chi connectivity index (χ0v) is 12.1. The lowest BCUT2D eigenvalue weighted by molar-refractivity contribution is -0.139. The number of nitrogens with one attached hydrogen (secondary N) is 2. The van der Waals surface area contributed by atoms with Crippen molar-refractivity contribution in [3.05, 3.63) is 18.2 Å². The van der Waals surface area contributed by atoms with Crippen molar-refractivity contribution >= 4 is 12.0 Å². The Labute approximate surface area is 118 Å². The second-order valence-corrected chi connectivity index (χ2v) is 5.05. The molecule has 1 aromatic heterocycles. The number of urea groups is 1. The Bertz CT molecular complexity index is 431. The molecule has 7 heteroatoms. The molecular formula is C13H22N4O3. The topological polar surface area (TPSA) is 98.3 Å². The Balaban J connectivity index is 2.64. The summed E-state index contributed by atoms with van der Waals surface area (Å²) in [5, 5.41) is 11.7. The van der Waals surface area contributed by atoms with Gasteiger partial charge in [0.1, 0.15) is 6.04 Å². The molecule has 0 fully saturated rings. The van der Waals surface area contributed by atoms with Gasteiger partial charge >= 0.3 is 12.0 Å². The maximum atomic E-state index is 12.1. The first-order chi connectivity index (χ1) is 9.43. The lowest BCUT2D eigenvalue weighted by atomic mass is 10.1. The minimum Gasteiger partial charge on any atom is -0.480 e. The third-order valence-corrected chi connectivity index (χ3v) is 2.83. The van der Waals surface area contributed by atoms with Crippen LogP contribution in [0.1, 0.15) is 26.5 Å². The summed E-state index contributed by atoms with van der Waals surface area (Å²) in [4.78, 5) is 31.6. The fraction of sp³-hybridized carbons (Fsp3) is 0.615. The molecule has 1 rings (SSSR count). The molecule has 2 amide bonds. The average Bonchev–Trinajstić information content (AvgIpc) is 2.87. The molecule has 0 radical (unpaired) electrons. The number of H-pyrrole nitrogens is 1. The minimum atomic E-state index is -1.06. The highest BCUT2D eigenvalue weighted by Gasteiger charge is 2.23. The maximum absolute atomic E-state index is 12.1.